The van der Waals surface area contributed by atoms with Crippen LogP contribution in [-0.2, 0) is 0 Å². The van der Waals surface area contributed by atoms with Gasteiger partial charge in [0.05, 0.1) is 31.7 Å². The number of anilines is 1. The molecular formula is C22H19BrN4O4. The first kappa shape index (κ1) is 22.0. The van der Waals surface area contributed by atoms with Gasteiger partial charge in [-0.1, -0.05) is 22.0 Å². The first-order valence-corrected chi connectivity index (χ1v) is 9.87. The standard InChI is InChI=1S/C22H19BrN4O4/c1-30-19-8-5-15(10-20(19)31-2)21(28)26-18-7-6-16(23)11-17(18)22(29)27-25-13-14-4-3-9-24-12-14/h3-13H,1-2H3,(H,26,28)(H,27,29). The van der Waals surface area contributed by atoms with Crippen molar-refractivity contribution in [3.8, 4) is 11.5 Å². The van der Waals surface area contributed by atoms with Crippen LogP contribution in [0.25, 0.3) is 0 Å². The van der Waals surface area contributed by atoms with E-state index in [0.717, 1.165) is 5.56 Å². The molecule has 0 atom stereocenters. The van der Waals surface area contributed by atoms with Crippen LogP contribution in [0.1, 0.15) is 26.3 Å². The number of carbonyl (C=O) groups excluding carboxylic acids is 2. The molecule has 9 heteroatoms. The quantitative estimate of drug-likeness (QED) is 0.393. The predicted octanol–water partition coefficient (Wildman–Crippen LogP) is 3.88. The van der Waals surface area contributed by atoms with Gasteiger partial charge in [0.25, 0.3) is 11.8 Å². The predicted molar refractivity (Wildman–Crippen MR) is 121 cm³/mol. The van der Waals surface area contributed by atoms with Gasteiger partial charge in [0.15, 0.2) is 11.5 Å². The molecule has 31 heavy (non-hydrogen) atoms. The number of hydrogen-bond acceptors (Lipinski definition) is 6. The van der Waals surface area contributed by atoms with Crippen LogP contribution in [0.4, 0.5) is 5.69 Å². The molecule has 0 aliphatic carbocycles. The Bertz CT molecular complexity index is 1120. The molecule has 158 valence electrons. The van der Waals surface area contributed by atoms with Crippen molar-refractivity contribution >= 4 is 39.6 Å². The van der Waals surface area contributed by atoms with Gasteiger partial charge < -0.3 is 14.8 Å². The average Bonchev–Trinajstić information content (AvgIpc) is 2.80. The zero-order chi connectivity index (χ0) is 22.2. The number of carbonyl (C=O) groups is 2. The Morgan fingerprint density at radius 3 is 2.55 bits per heavy atom. The molecule has 0 unspecified atom stereocenters. The van der Waals surface area contributed by atoms with Crippen molar-refractivity contribution in [3.05, 3.63) is 82.1 Å². The Morgan fingerprint density at radius 1 is 1.03 bits per heavy atom. The summed E-state index contributed by atoms with van der Waals surface area (Å²) in [6.07, 6.45) is 4.74. The molecule has 1 heterocycles. The minimum Gasteiger partial charge on any atom is -0.493 e. The van der Waals surface area contributed by atoms with Crippen LogP contribution in [0.15, 0.2) is 70.5 Å². The molecule has 2 aromatic carbocycles. The molecule has 0 aliphatic rings. The van der Waals surface area contributed by atoms with Crippen LogP contribution in [0, 0.1) is 0 Å². The maximum absolute atomic E-state index is 12.8. The Balaban J connectivity index is 1.78. The van der Waals surface area contributed by atoms with Crippen LogP contribution < -0.4 is 20.2 Å². The molecule has 0 fully saturated rings. The summed E-state index contributed by atoms with van der Waals surface area (Å²) in [6, 6.07) is 13.3. The number of nitrogens with zero attached hydrogens (tertiary/aromatic N) is 2. The summed E-state index contributed by atoms with van der Waals surface area (Å²) in [6.45, 7) is 0. The van der Waals surface area contributed by atoms with E-state index < -0.39 is 11.8 Å². The molecule has 1 aromatic heterocycles. The van der Waals surface area contributed by atoms with Crippen LogP contribution in [0.3, 0.4) is 0 Å². The smallest absolute Gasteiger partial charge is 0.273 e. The van der Waals surface area contributed by atoms with E-state index in [1.165, 1.54) is 20.4 Å². The Kier molecular flexibility index (Phi) is 7.34. The highest BCUT2D eigenvalue weighted by molar-refractivity contribution is 9.10. The van der Waals surface area contributed by atoms with E-state index in [9.17, 15) is 9.59 Å². The highest BCUT2D eigenvalue weighted by Gasteiger charge is 2.16. The number of benzene rings is 2. The molecule has 3 rings (SSSR count). The zero-order valence-electron chi connectivity index (χ0n) is 16.8. The van der Waals surface area contributed by atoms with Gasteiger partial charge in [-0.05, 0) is 42.5 Å². The summed E-state index contributed by atoms with van der Waals surface area (Å²) in [5.74, 6) is 0.0446. The lowest BCUT2D eigenvalue weighted by molar-refractivity contribution is 0.0956. The number of nitrogens with one attached hydrogen (secondary N) is 2. The number of hydrazone groups is 1. The van der Waals surface area contributed by atoms with E-state index >= 15 is 0 Å². The van der Waals surface area contributed by atoms with Gasteiger partial charge >= 0.3 is 0 Å². The van der Waals surface area contributed by atoms with E-state index in [1.807, 2.05) is 0 Å². The topological polar surface area (TPSA) is 102 Å². The van der Waals surface area contributed by atoms with Gasteiger partial charge in [0.1, 0.15) is 0 Å². The maximum atomic E-state index is 12.8. The fourth-order valence-corrected chi connectivity index (χ4v) is 3.02. The molecule has 0 radical (unpaired) electrons. The van der Waals surface area contributed by atoms with E-state index in [4.69, 9.17) is 9.47 Å². The first-order valence-electron chi connectivity index (χ1n) is 9.08. The number of rotatable bonds is 7. The lowest BCUT2D eigenvalue weighted by Crippen LogP contribution is -2.21. The molecule has 0 spiro atoms. The lowest BCUT2D eigenvalue weighted by Gasteiger charge is -2.12. The van der Waals surface area contributed by atoms with Crippen molar-refractivity contribution in [1.82, 2.24) is 10.4 Å². The second-order valence-corrected chi connectivity index (χ2v) is 7.11. The van der Waals surface area contributed by atoms with Gasteiger partial charge in [0, 0.05) is 28.0 Å². The molecular weight excluding hydrogens is 464 g/mol. The highest BCUT2D eigenvalue weighted by atomic mass is 79.9. The van der Waals surface area contributed by atoms with Crippen molar-refractivity contribution in [2.45, 2.75) is 0 Å². The van der Waals surface area contributed by atoms with Gasteiger partial charge in [-0.2, -0.15) is 5.10 Å². The number of pyridine rings is 1. The van der Waals surface area contributed by atoms with E-state index in [0.29, 0.717) is 27.2 Å². The molecule has 0 aliphatic heterocycles. The molecule has 0 saturated heterocycles. The van der Waals surface area contributed by atoms with E-state index in [1.54, 1.807) is 60.9 Å². The average molecular weight is 483 g/mol. The van der Waals surface area contributed by atoms with Gasteiger partial charge in [0.2, 0.25) is 0 Å². The molecule has 0 bridgehead atoms. The van der Waals surface area contributed by atoms with Crippen molar-refractivity contribution in [1.29, 1.82) is 0 Å². The molecule has 8 nitrogen and oxygen atoms in total. The number of amides is 2. The monoisotopic (exact) mass is 482 g/mol. The van der Waals surface area contributed by atoms with Gasteiger partial charge in [-0.15, -0.1) is 0 Å². The Morgan fingerprint density at radius 2 is 1.84 bits per heavy atom. The molecule has 0 saturated carbocycles. The van der Waals surface area contributed by atoms with Gasteiger partial charge in [-0.25, -0.2) is 5.43 Å². The number of hydrogen-bond donors (Lipinski definition) is 2. The maximum Gasteiger partial charge on any atom is 0.273 e. The van der Waals surface area contributed by atoms with Crippen LogP contribution in [0.5, 0.6) is 11.5 Å². The second-order valence-electron chi connectivity index (χ2n) is 6.20. The minimum atomic E-state index is -0.482. The zero-order valence-corrected chi connectivity index (χ0v) is 18.3. The summed E-state index contributed by atoms with van der Waals surface area (Å²) in [7, 11) is 3.00. The Hall–Kier alpha value is -3.72. The third-order valence-electron chi connectivity index (χ3n) is 4.18. The summed E-state index contributed by atoms with van der Waals surface area (Å²) in [5, 5.41) is 6.70. The van der Waals surface area contributed by atoms with Crippen molar-refractivity contribution in [3.63, 3.8) is 0 Å². The summed E-state index contributed by atoms with van der Waals surface area (Å²) in [4.78, 5) is 29.4. The number of aromatic nitrogens is 1. The van der Waals surface area contributed by atoms with E-state index in [2.05, 4.69) is 36.8 Å². The number of ether oxygens (including phenoxy) is 2. The number of halogens is 1. The highest BCUT2D eigenvalue weighted by Crippen LogP contribution is 2.28. The van der Waals surface area contributed by atoms with Crippen molar-refractivity contribution < 1.29 is 19.1 Å². The third kappa shape index (κ3) is 5.67. The second kappa shape index (κ2) is 10.4. The third-order valence-corrected chi connectivity index (χ3v) is 4.68. The SMILES string of the molecule is COc1ccc(C(=O)Nc2ccc(Br)cc2C(=O)NN=Cc2cccnc2)cc1OC. The summed E-state index contributed by atoms with van der Waals surface area (Å²) in [5.41, 5.74) is 4.11. The van der Waals surface area contributed by atoms with Crippen LogP contribution in [0.2, 0.25) is 0 Å². The van der Waals surface area contributed by atoms with E-state index in [-0.39, 0.29) is 5.56 Å². The lowest BCUT2D eigenvalue weighted by atomic mass is 10.1. The van der Waals surface area contributed by atoms with Crippen molar-refractivity contribution in [2.75, 3.05) is 19.5 Å². The van der Waals surface area contributed by atoms with Crippen molar-refractivity contribution in [2.24, 2.45) is 5.10 Å². The minimum absolute atomic E-state index is 0.242. The molecule has 2 N–H and O–H groups in total. The normalized spacial score (nSPS) is 10.5. The fraction of sp³-hybridized carbons (Fsp3) is 0.0909. The van der Waals surface area contributed by atoms with Crippen LogP contribution >= 0.6 is 15.9 Å². The molecule has 2 amide bonds. The summed E-state index contributed by atoms with van der Waals surface area (Å²) < 4.78 is 11.1. The van der Waals surface area contributed by atoms with Gasteiger partial charge in [-0.3, -0.25) is 14.6 Å². The van der Waals surface area contributed by atoms with Crippen LogP contribution in [-0.4, -0.2) is 37.2 Å². The largest absolute Gasteiger partial charge is 0.493 e. The molecule has 3 aromatic rings. The summed E-state index contributed by atoms with van der Waals surface area (Å²) >= 11 is 3.35. The number of methoxy groups -OCH3 is 2. The Labute approximate surface area is 187 Å². The first-order chi connectivity index (χ1) is 15.0. The fourth-order valence-electron chi connectivity index (χ4n) is 2.66.